The molecular weight excluding hydrogens is 304 g/mol. The van der Waals surface area contributed by atoms with Crippen molar-refractivity contribution in [1.29, 1.82) is 0 Å². The third-order valence-electron chi connectivity index (χ3n) is 2.74. The molecule has 6 nitrogen and oxygen atoms in total. The maximum Gasteiger partial charge on any atom is 0.347 e. The predicted octanol–water partition coefficient (Wildman–Crippen LogP) is 2.81. The van der Waals surface area contributed by atoms with E-state index in [0.29, 0.717) is 11.4 Å². The number of hydrogen-bond acceptors (Lipinski definition) is 5. The molecule has 0 aliphatic heterocycles. The molecule has 114 valence electrons. The summed E-state index contributed by atoms with van der Waals surface area (Å²) in [6.45, 7) is 1.59. The van der Waals surface area contributed by atoms with E-state index in [2.05, 4.69) is 10.3 Å². The number of aromatic carboxylic acids is 1. The van der Waals surface area contributed by atoms with Crippen molar-refractivity contribution in [3.8, 4) is 5.75 Å². The number of rotatable bonds is 5. The summed E-state index contributed by atoms with van der Waals surface area (Å²) >= 11 is 0.927. The Morgan fingerprint density at radius 2 is 2.18 bits per heavy atom. The number of carbonyl (C=O) groups excluding carboxylic acids is 1. The van der Waals surface area contributed by atoms with Crippen molar-refractivity contribution in [2.75, 3.05) is 12.4 Å². The van der Waals surface area contributed by atoms with Gasteiger partial charge in [0.15, 0.2) is 5.13 Å². The Labute approximate surface area is 131 Å². The number of aryl methyl sites for hydroxylation is 1. The summed E-state index contributed by atoms with van der Waals surface area (Å²) in [5.74, 6) is -0.736. The molecule has 7 heteroatoms. The number of methoxy groups -OCH3 is 1. The predicted molar refractivity (Wildman–Crippen MR) is 84.5 cm³/mol. The Balaban J connectivity index is 2.04. The zero-order valence-electron chi connectivity index (χ0n) is 12.0. The van der Waals surface area contributed by atoms with Gasteiger partial charge in [0.25, 0.3) is 0 Å². The summed E-state index contributed by atoms with van der Waals surface area (Å²) in [5, 5.41) is 11.7. The van der Waals surface area contributed by atoms with Gasteiger partial charge in [0.05, 0.1) is 12.8 Å². The largest absolute Gasteiger partial charge is 0.497 e. The molecule has 0 unspecified atom stereocenters. The molecule has 2 aromatic rings. The van der Waals surface area contributed by atoms with Crippen LogP contribution in [0.2, 0.25) is 0 Å². The number of nitrogens with zero attached hydrogens (tertiary/aromatic N) is 1. The lowest BCUT2D eigenvalue weighted by Gasteiger charge is -2.00. The van der Waals surface area contributed by atoms with Crippen LogP contribution in [0.5, 0.6) is 5.75 Å². The second kappa shape index (κ2) is 6.86. The Hall–Kier alpha value is -2.67. The molecule has 22 heavy (non-hydrogen) atoms. The van der Waals surface area contributed by atoms with Gasteiger partial charge in [-0.1, -0.05) is 23.5 Å². The minimum atomic E-state index is -1.05. The van der Waals surface area contributed by atoms with Crippen LogP contribution in [0.1, 0.15) is 20.9 Å². The molecular formula is C15H14N2O4S. The summed E-state index contributed by atoms with van der Waals surface area (Å²) in [4.78, 5) is 26.9. The SMILES string of the molecule is COc1cccc(/C=C/C(=O)Nc2nc(C)c(C(=O)O)s2)c1. The standard InChI is InChI=1S/C15H14N2O4S/c1-9-13(14(19)20)22-15(16-9)17-12(18)7-6-10-4-3-5-11(8-10)21-2/h3-8H,1-2H3,(H,19,20)(H,16,17,18)/b7-6+. The summed E-state index contributed by atoms with van der Waals surface area (Å²) in [6, 6.07) is 7.26. The van der Waals surface area contributed by atoms with Gasteiger partial charge in [-0.05, 0) is 30.7 Å². The Bertz CT molecular complexity index is 737. The fourth-order valence-corrected chi connectivity index (χ4v) is 2.52. The third kappa shape index (κ3) is 3.92. The minimum Gasteiger partial charge on any atom is -0.497 e. The van der Waals surface area contributed by atoms with Crippen molar-refractivity contribution in [2.24, 2.45) is 0 Å². The molecule has 0 aliphatic rings. The maximum absolute atomic E-state index is 11.8. The highest BCUT2D eigenvalue weighted by atomic mass is 32.1. The molecule has 2 rings (SSSR count). The molecule has 0 fully saturated rings. The van der Waals surface area contributed by atoms with Crippen LogP contribution >= 0.6 is 11.3 Å². The van der Waals surface area contributed by atoms with Crippen LogP contribution in [0.4, 0.5) is 5.13 Å². The lowest BCUT2D eigenvalue weighted by atomic mass is 10.2. The van der Waals surface area contributed by atoms with Crippen LogP contribution in [0.3, 0.4) is 0 Å². The average Bonchev–Trinajstić information content (AvgIpc) is 2.86. The molecule has 0 saturated heterocycles. The van der Waals surface area contributed by atoms with Crippen molar-refractivity contribution < 1.29 is 19.4 Å². The Morgan fingerprint density at radius 3 is 2.82 bits per heavy atom. The Kier molecular flexibility index (Phi) is 4.90. The maximum atomic E-state index is 11.8. The van der Waals surface area contributed by atoms with Crippen LogP contribution in [0, 0.1) is 6.92 Å². The molecule has 2 N–H and O–H groups in total. The Morgan fingerprint density at radius 1 is 1.41 bits per heavy atom. The first-order chi connectivity index (χ1) is 10.5. The zero-order valence-corrected chi connectivity index (χ0v) is 12.8. The van der Waals surface area contributed by atoms with E-state index in [1.54, 1.807) is 26.2 Å². The molecule has 1 heterocycles. The van der Waals surface area contributed by atoms with Crippen molar-refractivity contribution in [1.82, 2.24) is 4.98 Å². The van der Waals surface area contributed by atoms with Gasteiger partial charge < -0.3 is 9.84 Å². The summed E-state index contributed by atoms with van der Waals surface area (Å²) in [6.07, 6.45) is 2.99. The highest BCUT2D eigenvalue weighted by Gasteiger charge is 2.14. The van der Waals surface area contributed by atoms with Crippen molar-refractivity contribution in [3.05, 3.63) is 46.5 Å². The first kappa shape index (κ1) is 15.7. The number of amides is 1. The van der Waals surface area contributed by atoms with E-state index in [1.807, 2.05) is 18.2 Å². The van der Waals surface area contributed by atoms with E-state index < -0.39 is 5.97 Å². The number of carboxylic acid groups (broad SMARTS) is 1. The summed E-state index contributed by atoms with van der Waals surface area (Å²) < 4.78 is 5.10. The number of carboxylic acids is 1. The van der Waals surface area contributed by atoms with Crippen molar-refractivity contribution >= 4 is 34.4 Å². The van der Waals surface area contributed by atoms with E-state index in [-0.39, 0.29) is 15.9 Å². The number of ether oxygens (including phenoxy) is 1. The average molecular weight is 318 g/mol. The number of anilines is 1. The number of carbonyl (C=O) groups is 2. The topological polar surface area (TPSA) is 88.5 Å². The molecule has 1 amide bonds. The van der Waals surface area contributed by atoms with E-state index in [1.165, 1.54) is 6.08 Å². The number of benzene rings is 1. The zero-order chi connectivity index (χ0) is 16.1. The summed E-state index contributed by atoms with van der Waals surface area (Å²) in [5.41, 5.74) is 1.20. The van der Waals surface area contributed by atoms with Crippen LogP contribution in [0.25, 0.3) is 6.08 Å². The van der Waals surface area contributed by atoms with E-state index in [9.17, 15) is 9.59 Å². The van der Waals surface area contributed by atoms with Gasteiger partial charge in [0, 0.05) is 6.08 Å². The number of aromatic nitrogens is 1. The van der Waals surface area contributed by atoms with Crippen LogP contribution in [0.15, 0.2) is 30.3 Å². The number of nitrogens with one attached hydrogen (secondary N) is 1. The fourth-order valence-electron chi connectivity index (χ4n) is 1.71. The molecule has 1 aromatic carbocycles. The monoisotopic (exact) mass is 318 g/mol. The second-order valence-electron chi connectivity index (χ2n) is 4.34. The quantitative estimate of drug-likeness (QED) is 0.828. The number of hydrogen-bond donors (Lipinski definition) is 2. The molecule has 0 radical (unpaired) electrons. The molecule has 0 aliphatic carbocycles. The van der Waals surface area contributed by atoms with Gasteiger partial charge in [0.2, 0.25) is 5.91 Å². The first-order valence-electron chi connectivity index (χ1n) is 6.33. The van der Waals surface area contributed by atoms with Crippen molar-refractivity contribution in [2.45, 2.75) is 6.92 Å². The van der Waals surface area contributed by atoms with Gasteiger partial charge >= 0.3 is 5.97 Å². The van der Waals surface area contributed by atoms with Gasteiger partial charge in [-0.15, -0.1) is 0 Å². The normalized spacial score (nSPS) is 10.6. The summed E-state index contributed by atoms with van der Waals surface area (Å²) in [7, 11) is 1.57. The van der Waals surface area contributed by atoms with Gasteiger partial charge in [-0.2, -0.15) is 0 Å². The lowest BCUT2D eigenvalue weighted by Crippen LogP contribution is -2.07. The molecule has 0 atom stereocenters. The van der Waals surface area contributed by atoms with E-state index in [4.69, 9.17) is 9.84 Å². The number of thiazole rings is 1. The fraction of sp³-hybridized carbons (Fsp3) is 0.133. The van der Waals surface area contributed by atoms with Gasteiger partial charge in [0.1, 0.15) is 10.6 Å². The first-order valence-corrected chi connectivity index (χ1v) is 7.15. The highest BCUT2D eigenvalue weighted by molar-refractivity contribution is 7.17. The van der Waals surface area contributed by atoms with Crippen LogP contribution in [-0.2, 0) is 4.79 Å². The smallest absolute Gasteiger partial charge is 0.347 e. The molecule has 0 spiro atoms. The highest BCUT2D eigenvalue weighted by Crippen LogP contribution is 2.22. The third-order valence-corrected chi connectivity index (χ3v) is 3.80. The van der Waals surface area contributed by atoms with Crippen LogP contribution < -0.4 is 10.1 Å². The van der Waals surface area contributed by atoms with Crippen LogP contribution in [-0.4, -0.2) is 29.1 Å². The van der Waals surface area contributed by atoms with E-state index >= 15 is 0 Å². The van der Waals surface area contributed by atoms with Crippen molar-refractivity contribution in [3.63, 3.8) is 0 Å². The van der Waals surface area contributed by atoms with Gasteiger partial charge in [-0.25, -0.2) is 9.78 Å². The molecule has 0 saturated carbocycles. The van der Waals surface area contributed by atoms with Gasteiger partial charge in [-0.3, -0.25) is 10.1 Å². The second-order valence-corrected chi connectivity index (χ2v) is 5.34. The van der Waals surface area contributed by atoms with E-state index in [0.717, 1.165) is 16.9 Å². The molecule has 0 bridgehead atoms. The molecule has 1 aromatic heterocycles. The minimum absolute atomic E-state index is 0.118. The lowest BCUT2D eigenvalue weighted by molar-refractivity contribution is -0.111.